The molecule has 0 saturated carbocycles. The third-order valence-corrected chi connectivity index (χ3v) is 6.47. The number of anilines is 1. The van der Waals surface area contributed by atoms with E-state index in [0.717, 1.165) is 16.7 Å². The SMILES string of the molecule is Cc1ccc(Cn2c3c(c(=O)[nH]c2=O)C(c2ccccc2)(c2ccccc2)C(=O)N3)cc1C. The number of carbonyl (C=O) groups is 1. The number of aryl methyl sites for hydroxylation is 2. The van der Waals surface area contributed by atoms with Crippen LogP contribution in [0.5, 0.6) is 0 Å². The lowest BCUT2D eigenvalue weighted by molar-refractivity contribution is -0.118. The number of hydrogen-bond donors (Lipinski definition) is 2. The molecule has 4 aromatic rings. The van der Waals surface area contributed by atoms with Gasteiger partial charge in [-0.05, 0) is 41.7 Å². The van der Waals surface area contributed by atoms with Crippen molar-refractivity contribution >= 4 is 11.7 Å². The summed E-state index contributed by atoms with van der Waals surface area (Å²) >= 11 is 0. The summed E-state index contributed by atoms with van der Waals surface area (Å²) in [6.07, 6.45) is 0. The summed E-state index contributed by atoms with van der Waals surface area (Å²) < 4.78 is 1.44. The molecule has 6 heteroatoms. The highest BCUT2D eigenvalue weighted by Crippen LogP contribution is 2.45. The number of H-pyrrole nitrogens is 1. The normalized spacial score (nSPS) is 14.1. The van der Waals surface area contributed by atoms with E-state index in [1.54, 1.807) is 0 Å². The Morgan fingerprint density at radius 2 is 1.39 bits per heavy atom. The van der Waals surface area contributed by atoms with Crippen LogP contribution in [-0.4, -0.2) is 15.5 Å². The maximum Gasteiger partial charge on any atom is 0.330 e. The van der Waals surface area contributed by atoms with Crippen LogP contribution in [0.1, 0.15) is 33.4 Å². The number of carbonyl (C=O) groups excluding carboxylic acids is 1. The van der Waals surface area contributed by atoms with Gasteiger partial charge in [0.25, 0.3) is 5.56 Å². The number of rotatable bonds is 4. The third kappa shape index (κ3) is 3.14. The lowest BCUT2D eigenvalue weighted by Gasteiger charge is -2.28. The van der Waals surface area contributed by atoms with E-state index in [1.165, 1.54) is 4.57 Å². The highest BCUT2D eigenvalue weighted by atomic mass is 16.2. The summed E-state index contributed by atoms with van der Waals surface area (Å²) in [6, 6.07) is 24.4. The van der Waals surface area contributed by atoms with Gasteiger partial charge in [0.1, 0.15) is 11.2 Å². The van der Waals surface area contributed by atoms with Crippen LogP contribution < -0.4 is 16.6 Å². The maximum atomic E-state index is 13.7. The topological polar surface area (TPSA) is 84.0 Å². The lowest BCUT2D eigenvalue weighted by Crippen LogP contribution is -2.41. The first kappa shape index (κ1) is 20.7. The number of amides is 1. The van der Waals surface area contributed by atoms with Crippen LogP contribution >= 0.6 is 0 Å². The summed E-state index contributed by atoms with van der Waals surface area (Å²) in [5.41, 5.74) is 2.21. The molecule has 1 amide bonds. The molecule has 6 nitrogen and oxygen atoms in total. The van der Waals surface area contributed by atoms with Crippen LogP contribution in [0.4, 0.5) is 5.82 Å². The van der Waals surface area contributed by atoms with E-state index in [4.69, 9.17) is 0 Å². The van der Waals surface area contributed by atoms with E-state index in [9.17, 15) is 14.4 Å². The highest BCUT2D eigenvalue weighted by Gasteiger charge is 2.53. The fraction of sp³-hybridized carbons (Fsp3) is 0.148. The number of nitrogens with one attached hydrogen (secondary N) is 2. The van der Waals surface area contributed by atoms with Gasteiger partial charge in [-0.2, -0.15) is 0 Å². The van der Waals surface area contributed by atoms with Gasteiger partial charge in [0.2, 0.25) is 5.91 Å². The Morgan fingerprint density at radius 3 is 1.97 bits per heavy atom. The van der Waals surface area contributed by atoms with Gasteiger partial charge in [-0.1, -0.05) is 78.9 Å². The van der Waals surface area contributed by atoms with Crippen molar-refractivity contribution in [3.63, 3.8) is 0 Å². The predicted molar refractivity (Wildman–Crippen MR) is 128 cm³/mol. The molecule has 33 heavy (non-hydrogen) atoms. The van der Waals surface area contributed by atoms with E-state index in [2.05, 4.69) is 10.3 Å². The average molecular weight is 437 g/mol. The van der Waals surface area contributed by atoms with Crippen LogP contribution in [0.25, 0.3) is 0 Å². The van der Waals surface area contributed by atoms with Gasteiger partial charge in [0.05, 0.1) is 12.1 Å². The lowest BCUT2D eigenvalue weighted by atomic mass is 9.71. The summed E-state index contributed by atoms with van der Waals surface area (Å²) in [6.45, 7) is 4.26. The quantitative estimate of drug-likeness (QED) is 0.513. The molecular weight excluding hydrogens is 414 g/mol. The van der Waals surface area contributed by atoms with Gasteiger partial charge < -0.3 is 5.32 Å². The number of aromatic nitrogens is 2. The molecule has 0 radical (unpaired) electrons. The molecule has 2 heterocycles. The Labute approximate surface area is 190 Å². The van der Waals surface area contributed by atoms with Crippen LogP contribution in [0.3, 0.4) is 0 Å². The fourth-order valence-corrected chi connectivity index (χ4v) is 4.69. The zero-order valence-corrected chi connectivity index (χ0v) is 18.4. The zero-order chi connectivity index (χ0) is 23.2. The second kappa shape index (κ2) is 7.74. The van der Waals surface area contributed by atoms with Crippen LogP contribution in [0.2, 0.25) is 0 Å². The minimum atomic E-state index is -1.37. The number of nitrogens with zero attached hydrogens (tertiary/aromatic N) is 1. The Balaban J connectivity index is 1.80. The Hall–Kier alpha value is -4.19. The Morgan fingerprint density at radius 1 is 0.788 bits per heavy atom. The smallest absolute Gasteiger partial charge is 0.310 e. The number of fused-ring (bicyclic) bond motifs is 1. The zero-order valence-electron chi connectivity index (χ0n) is 18.4. The standard InChI is InChI=1S/C27H23N3O3/c1-17-13-14-19(15-18(17)2)16-30-23-22(24(31)29-26(30)33)27(25(32)28-23,20-9-5-3-6-10-20)21-11-7-4-8-12-21/h3-15H,16H2,1-2H3,(H,28,32)(H,29,31,33). The van der Waals surface area contributed by atoms with Gasteiger partial charge in [0.15, 0.2) is 0 Å². The van der Waals surface area contributed by atoms with E-state index in [0.29, 0.717) is 11.1 Å². The van der Waals surface area contributed by atoms with Gasteiger partial charge in [-0.25, -0.2) is 4.79 Å². The van der Waals surface area contributed by atoms with E-state index in [-0.39, 0.29) is 23.8 Å². The minimum absolute atomic E-state index is 0.221. The molecule has 0 atom stereocenters. The van der Waals surface area contributed by atoms with E-state index in [1.807, 2.05) is 92.7 Å². The molecule has 0 spiro atoms. The monoisotopic (exact) mass is 437 g/mol. The minimum Gasteiger partial charge on any atom is -0.310 e. The van der Waals surface area contributed by atoms with Crippen molar-refractivity contribution < 1.29 is 4.79 Å². The molecule has 0 fully saturated rings. The van der Waals surface area contributed by atoms with Crippen molar-refractivity contribution in [2.45, 2.75) is 25.8 Å². The summed E-state index contributed by atoms with van der Waals surface area (Å²) in [7, 11) is 0. The van der Waals surface area contributed by atoms with Crippen LogP contribution in [0.15, 0.2) is 88.5 Å². The summed E-state index contributed by atoms with van der Waals surface area (Å²) in [5.74, 6) is -0.125. The predicted octanol–water partition coefficient (Wildman–Crippen LogP) is 3.49. The van der Waals surface area contributed by atoms with Crippen molar-refractivity contribution in [2.75, 3.05) is 5.32 Å². The second-order valence-electron chi connectivity index (χ2n) is 8.42. The van der Waals surface area contributed by atoms with Crippen molar-refractivity contribution in [1.29, 1.82) is 0 Å². The molecule has 1 aromatic heterocycles. The molecule has 0 unspecified atom stereocenters. The van der Waals surface area contributed by atoms with Gasteiger partial charge in [-0.15, -0.1) is 0 Å². The molecule has 1 aliphatic heterocycles. The molecule has 3 aromatic carbocycles. The Kier molecular flexibility index (Phi) is 4.86. The first-order chi connectivity index (χ1) is 15.9. The molecule has 5 rings (SSSR count). The van der Waals surface area contributed by atoms with Gasteiger partial charge >= 0.3 is 5.69 Å². The van der Waals surface area contributed by atoms with E-state index < -0.39 is 16.7 Å². The van der Waals surface area contributed by atoms with Gasteiger partial charge in [-0.3, -0.25) is 19.1 Å². The van der Waals surface area contributed by atoms with Crippen LogP contribution in [-0.2, 0) is 16.8 Å². The molecule has 2 N–H and O–H groups in total. The maximum absolute atomic E-state index is 13.7. The molecular formula is C27H23N3O3. The summed E-state index contributed by atoms with van der Waals surface area (Å²) in [4.78, 5) is 42.4. The first-order valence-corrected chi connectivity index (χ1v) is 10.8. The molecule has 0 bridgehead atoms. The van der Waals surface area contributed by atoms with Crippen LogP contribution in [0, 0.1) is 13.8 Å². The highest BCUT2D eigenvalue weighted by molar-refractivity contribution is 6.10. The number of aromatic amines is 1. The molecule has 164 valence electrons. The molecule has 0 saturated heterocycles. The van der Waals surface area contributed by atoms with Crippen molar-refractivity contribution in [1.82, 2.24) is 9.55 Å². The van der Waals surface area contributed by atoms with E-state index >= 15 is 0 Å². The summed E-state index contributed by atoms with van der Waals surface area (Å²) in [5, 5.41) is 2.89. The average Bonchev–Trinajstić information content (AvgIpc) is 3.14. The third-order valence-electron chi connectivity index (χ3n) is 6.47. The van der Waals surface area contributed by atoms with Gasteiger partial charge in [0, 0.05) is 0 Å². The first-order valence-electron chi connectivity index (χ1n) is 10.8. The second-order valence-corrected chi connectivity index (χ2v) is 8.42. The molecule has 0 aliphatic carbocycles. The largest absolute Gasteiger partial charge is 0.330 e. The van der Waals surface area contributed by atoms with Crippen molar-refractivity contribution in [3.8, 4) is 0 Å². The van der Waals surface area contributed by atoms with Crippen molar-refractivity contribution in [3.05, 3.63) is 133 Å². The van der Waals surface area contributed by atoms with Crippen molar-refractivity contribution in [2.24, 2.45) is 0 Å². The number of benzene rings is 3. The fourth-order valence-electron chi connectivity index (χ4n) is 4.69. The Bertz CT molecular complexity index is 1450. The molecule has 1 aliphatic rings. The number of hydrogen-bond acceptors (Lipinski definition) is 3.